The highest BCUT2D eigenvalue weighted by Gasteiger charge is 2.29. The summed E-state index contributed by atoms with van der Waals surface area (Å²) < 4.78 is 58.4. The zero-order valence-electron chi connectivity index (χ0n) is 14.1. The Kier molecular flexibility index (Phi) is 5.85. The molecule has 0 aliphatic carbocycles. The molecule has 0 saturated carbocycles. The van der Waals surface area contributed by atoms with Crippen LogP contribution in [0.15, 0.2) is 53.4 Å². The Bertz CT molecular complexity index is 839. The van der Waals surface area contributed by atoms with Gasteiger partial charge in [-0.3, -0.25) is 4.90 Å². The van der Waals surface area contributed by atoms with Crippen molar-refractivity contribution in [2.45, 2.75) is 4.90 Å². The molecule has 0 spiro atoms. The number of sulfonamides is 1. The van der Waals surface area contributed by atoms with Crippen molar-refractivity contribution in [3.8, 4) is 5.75 Å². The molecule has 0 radical (unpaired) electrons. The molecule has 26 heavy (non-hydrogen) atoms. The van der Waals surface area contributed by atoms with Crippen LogP contribution < -0.4 is 4.74 Å². The second kappa shape index (κ2) is 8.11. The topological polar surface area (TPSA) is 49.9 Å². The van der Waals surface area contributed by atoms with Crippen molar-refractivity contribution >= 4 is 10.0 Å². The van der Waals surface area contributed by atoms with Crippen molar-refractivity contribution in [3.63, 3.8) is 0 Å². The molecular formula is C18H20F2N2O3S. The minimum atomic E-state index is -3.82. The third-order valence-electron chi connectivity index (χ3n) is 4.28. The molecule has 0 aromatic heterocycles. The summed E-state index contributed by atoms with van der Waals surface area (Å²) in [4.78, 5) is 1.89. The summed E-state index contributed by atoms with van der Waals surface area (Å²) in [5.41, 5.74) is 0. The predicted molar refractivity (Wildman–Crippen MR) is 93.5 cm³/mol. The largest absolute Gasteiger partial charge is 0.492 e. The fourth-order valence-electron chi connectivity index (χ4n) is 2.79. The minimum absolute atomic E-state index is 0.225. The lowest BCUT2D eigenvalue weighted by molar-refractivity contribution is 0.159. The summed E-state index contributed by atoms with van der Waals surface area (Å²) in [6.07, 6.45) is 0. The molecule has 3 rings (SSSR count). The zero-order valence-corrected chi connectivity index (χ0v) is 15.0. The van der Waals surface area contributed by atoms with Crippen LogP contribution in [-0.2, 0) is 10.0 Å². The third-order valence-corrected chi connectivity index (χ3v) is 6.17. The van der Waals surface area contributed by atoms with E-state index in [1.165, 1.54) is 4.31 Å². The second-order valence-corrected chi connectivity index (χ2v) is 7.92. The first-order chi connectivity index (χ1) is 12.5. The van der Waals surface area contributed by atoms with Crippen molar-refractivity contribution in [1.29, 1.82) is 0 Å². The molecule has 1 aliphatic rings. The number of para-hydroxylation sites is 1. The summed E-state index contributed by atoms with van der Waals surface area (Å²) >= 11 is 0. The van der Waals surface area contributed by atoms with Gasteiger partial charge in [-0.05, 0) is 30.3 Å². The highest BCUT2D eigenvalue weighted by Crippen LogP contribution is 2.20. The number of halogens is 2. The Balaban J connectivity index is 1.52. The first-order valence-electron chi connectivity index (χ1n) is 8.32. The van der Waals surface area contributed by atoms with Crippen LogP contribution in [0.2, 0.25) is 0 Å². The quantitative estimate of drug-likeness (QED) is 0.770. The van der Waals surface area contributed by atoms with Crippen molar-refractivity contribution in [1.82, 2.24) is 9.21 Å². The fourth-order valence-corrected chi connectivity index (χ4v) is 4.22. The maximum Gasteiger partial charge on any atom is 0.243 e. The number of hydrogen-bond donors (Lipinski definition) is 0. The standard InChI is InChI=1S/C18H20F2N2O3S/c19-17-7-6-16(14-18(17)20)26(23,24)22-10-8-21(9-11-22)12-13-25-15-4-2-1-3-5-15/h1-7,14H,8-13H2. The molecule has 0 atom stereocenters. The summed E-state index contributed by atoms with van der Waals surface area (Å²) in [5, 5.41) is 0. The molecule has 1 heterocycles. The van der Waals surface area contributed by atoms with E-state index >= 15 is 0 Å². The van der Waals surface area contributed by atoms with Crippen LogP contribution in [0.1, 0.15) is 0 Å². The number of hydrogen-bond acceptors (Lipinski definition) is 4. The number of benzene rings is 2. The first-order valence-corrected chi connectivity index (χ1v) is 9.76. The van der Waals surface area contributed by atoms with Gasteiger partial charge in [-0.2, -0.15) is 4.31 Å². The van der Waals surface area contributed by atoms with Crippen LogP contribution in [0.4, 0.5) is 8.78 Å². The molecule has 1 saturated heterocycles. The fraction of sp³-hybridized carbons (Fsp3) is 0.333. The molecule has 1 aliphatic heterocycles. The second-order valence-electron chi connectivity index (χ2n) is 5.98. The Morgan fingerprint density at radius 2 is 1.62 bits per heavy atom. The minimum Gasteiger partial charge on any atom is -0.492 e. The SMILES string of the molecule is O=S(=O)(c1ccc(F)c(F)c1)N1CCN(CCOc2ccccc2)CC1. The molecule has 140 valence electrons. The average Bonchev–Trinajstić information content (AvgIpc) is 2.65. The molecule has 5 nitrogen and oxygen atoms in total. The van der Waals surface area contributed by atoms with Crippen molar-refractivity contribution < 1.29 is 21.9 Å². The lowest BCUT2D eigenvalue weighted by Gasteiger charge is -2.33. The van der Waals surface area contributed by atoms with E-state index < -0.39 is 21.7 Å². The summed E-state index contributed by atoms with van der Waals surface area (Å²) in [6, 6.07) is 12.1. The third kappa shape index (κ3) is 4.38. The number of ether oxygens (including phenoxy) is 1. The van der Waals surface area contributed by atoms with E-state index in [4.69, 9.17) is 4.74 Å². The van der Waals surface area contributed by atoms with Crippen LogP contribution >= 0.6 is 0 Å². The van der Waals surface area contributed by atoms with Gasteiger partial charge in [0.25, 0.3) is 0 Å². The van der Waals surface area contributed by atoms with E-state index in [-0.39, 0.29) is 4.90 Å². The Labute approximate surface area is 151 Å². The summed E-state index contributed by atoms with van der Waals surface area (Å²) in [6.45, 7) is 2.91. The molecule has 8 heteroatoms. The molecule has 1 fully saturated rings. The lowest BCUT2D eigenvalue weighted by atomic mass is 10.3. The summed E-state index contributed by atoms with van der Waals surface area (Å²) in [5.74, 6) is -1.43. The predicted octanol–water partition coefficient (Wildman–Crippen LogP) is 2.35. The molecule has 0 N–H and O–H groups in total. The van der Waals surface area contributed by atoms with Crippen LogP contribution in [0.25, 0.3) is 0 Å². The van der Waals surface area contributed by atoms with Crippen LogP contribution in [0.5, 0.6) is 5.75 Å². The van der Waals surface area contributed by atoms with Gasteiger partial charge in [0, 0.05) is 32.7 Å². The smallest absolute Gasteiger partial charge is 0.243 e. The highest BCUT2D eigenvalue weighted by molar-refractivity contribution is 7.89. The van der Waals surface area contributed by atoms with E-state index in [1.807, 2.05) is 30.3 Å². The first kappa shape index (κ1) is 18.8. The Hall–Kier alpha value is -2.03. The van der Waals surface area contributed by atoms with Gasteiger partial charge in [0.15, 0.2) is 11.6 Å². The number of rotatable bonds is 6. The van der Waals surface area contributed by atoms with Gasteiger partial charge >= 0.3 is 0 Å². The molecular weight excluding hydrogens is 362 g/mol. The van der Waals surface area contributed by atoms with Gasteiger partial charge < -0.3 is 4.74 Å². The van der Waals surface area contributed by atoms with Crippen molar-refractivity contribution in [3.05, 3.63) is 60.2 Å². The van der Waals surface area contributed by atoms with Gasteiger partial charge in [0.2, 0.25) is 10.0 Å². The van der Waals surface area contributed by atoms with Crippen LogP contribution in [0, 0.1) is 11.6 Å². The molecule has 0 amide bonds. The van der Waals surface area contributed by atoms with E-state index in [0.29, 0.717) is 39.3 Å². The Morgan fingerprint density at radius 3 is 2.27 bits per heavy atom. The Morgan fingerprint density at radius 1 is 0.923 bits per heavy atom. The molecule has 0 bridgehead atoms. The number of nitrogens with zero attached hydrogens (tertiary/aromatic N) is 2. The van der Waals surface area contributed by atoms with Crippen molar-refractivity contribution in [2.75, 3.05) is 39.3 Å². The summed E-state index contributed by atoms with van der Waals surface area (Å²) in [7, 11) is -3.82. The van der Waals surface area contributed by atoms with Gasteiger partial charge in [-0.1, -0.05) is 18.2 Å². The van der Waals surface area contributed by atoms with Gasteiger partial charge in [-0.25, -0.2) is 17.2 Å². The molecule has 2 aromatic carbocycles. The normalized spacial score (nSPS) is 16.5. The number of piperazine rings is 1. The van der Waals surface area contributed by atoms with Crippen LogP contribution in [0.3, 0.4) is 0 Å². The van der Waals surface area contributed by atoms with Gasteiger partial charge in [0.1, 0.15) is 12.4 Å². The van der Waals surface area contributed by atoms with E-state index in [1.54, 1.807) is 0 Å². The van der Waals surface area contributed by atoms with Crippen LogP contribution in [-0.4, -0.2) is 57.0 Å². The maximum atomic E-state index is 13.3. The monoisotopic (exact) mass is 382 g/mol. The highest BCUT2D eigenvalue weighted by atomic mass is 32.2. The van der Waals surface area contributed by atoms with E-state index in [2.05, 4.69) is 4.90 Å². The van der Waals surface area contributed by atoms with Gasteiger partial charge in [-0.15, -0.1) is 0 Å². The van der Waals surface area contributed by atoms with E-state index in [0.717, 1.165) is 23.9 Å². The maximum absolute atomic E-state index is 13.3. The molecule has 0 unspecified atom stereocenters. The lowest BCUT2D eigenvalue weighted by Crippen LogP contribution is -2.49. The van der Waals surface area contributed by atoms with Crippen molar-refractivity contribution in [2.24, 2.45) is 0 Å². The zero-order chi connectivity index (χ0) is 18.6. The van der Waals surface area contributed by atoms with E-state index in [9.17, 15) is 17.2 Å². The van der Waals surface area contributed by atoms with Gasteiger partial charge in [0.05, 0.1) is 4.90 Å². The average molecular weight is 382 g/mol. The molecule has 2 aromatic rings.